The van der Waals surface area contributed by atoms with Crippen molar-refractivity contribution in [1.82, 2.24) is 19.8 Å². The molecule has 1 N–H and O–H groups in total. The van der Waals surface area contributed by atoms with Crippen LogP contribution >= 0.6 is 0 Å². The normalized spacial score (nSPS) is 19.1. The van der Waals surface area contributed by atoms with Gasteiger partial charge in [-0.1, -0.05) is 0 Å². The van der Waals surface area contributed by atoms with Gasteiger partial charge in [0.25, 0.3) is 0 Å². The SMILES string of the molecule is CC(CNCc1cncn1C)N1CCCC1. The Hall–Kier alpha value is -0.870. The summed E-state index contributed by atoms with van der Waals surface area (Å²) in [4.78, 5) is 6.68. The maximum atomic E-state index is 4.11. The number of aromatic nitrogens is 2. The number of hydrogen-bond donors (Lipinski definition) is 1. The van der Waals surface area contributed by atoms with E-state index in [2.05, 4.69) is 26.7 Å². The molecule has 1 aromatic heterocycles. The van der Waals surface area contributed by atoms with Crippen LogP contribution in [-0.2, 0) is 13.6 Å². The first-order valence-corrected chi connectivity index (χ1v) is 6.17. The lowest BCUT2D eigenvalue weighted by molar-refractivity contribution is 0.251. The van der Waals surface area contributed by atoms with Gasteiger partial charge in [0.15, 0.2) is 0 Å². The van der Waals surface area contributed by atoms with Crippen LogP contribution in [0.4, 0.5) is 0 Å². The second kappa shape index (κ2) is 5.46. The van der Waals surface area contributed by atoms with Crippen LogP contribution < -0.4 is 5.32 Å². The van der Waals surface area contributed by atoms with Crippen molar-refractivity contribution >= 4 is 0 Å². The van der Waals surface area contributed by atoms with E-state index >= 15 is 0 Å². The van der Waals surface area contributed by atoms with Crippen LogP contribution in [-0.4, -0.2) is 40.1 Å². The minimum Gasteiger partial charge on any atom is -0.337 e. The summed E-state index contributed by atoms with van der Waals surface area (Å²) in [5.41, 5.74) is 1.24. The summed E-state index contributed by atoms with van der Waals surface area (Å²) >= 11 is 0. The highest BCUT2D eigenvalue weighted by Gasteiger charge is 2.17. The predicted molar refractivity (Wildman–Crippen MR) is 65.2 cm³/mol. The average molecular weight is 222 g/mol. The van der Waals surface area contributed by atoms with E-state index in [-0.39, 0.29) is 0 Å². The zero-order valence-corrected chi connectivity index (χ0v) is 10.3. The number of rotatable bonds is 5. The number of hydrogen-bond acceptors (Lipinski definition) is 3. The predicted octanol–water partition coefficient (Wildman–Crippen LogP) is 0.994. The zero-order valence-electron chi connectivity index (χ0n) is 10.3. The molecule has 16 heavy (non-hydrogen) atoms. The lowest BCUT2D eigenvalue weighted by Gasteiger charge is -2.23. The van der Waals surface area contributed by atoms with Crippen LogP contribution in [0.5, 0.6) is 0 Å². The molecule has 4 nitrogen and oxygen atoms in total. The van der Waals surface area contributed by atoms with Crippen molar-refractivity contribution in [3.63, 3.8) is 0 Å². The summed E-state index contributed by atoms with van der Waals surface area (Å²) in [7, 11) is 2.04. The lowest BCUT2D eigenvalue weighted by atomic mass is 10.3. The first-order chi connectivity index (χ1) is 7.77. The van der Waals surface area contributed by atoms with Gasteiger partial charge in [-0.05, 0) is 32.9 Å². The molecule has 0 bridgehead atoms. The molecular formula is C12H22N4. The van der Waals surface area contributed by atoms with Crippen molar-refractivity contribution in [3.05, 3.63) is 18.2 Å². The summed E-state index contributed by atoms with van der Waals surface area (Å²) in [5, 5.41) is 3.50. The Balaban J connectivity index is 1.69. The zero-order chi connectivity index (χ0) is 11.4. The molecule has 1 saturated heterocycles. The Morgan fingerprint density at radius 3 is 2.81 bits per heavy atom. The first-order valence-electron chi connectivity index (χ1n) is 6.17. The average Bonchev–Trinajstić information content (AvgIpc) is 2.90. The van der Waals surface area contributed by atoms with Crippen molar-refractivity contribution < 1.29 is 0 Å². The third-order valence-corrected chi connectivity index (χ3v) is 3.43. The van der Waals surface area contributed by atoms with E-state index < -0.39 is 0 Å². The van der Waals surface area contributed by atoms with Crippen LogP contribution in [0.1, 0.15) is 25.5 Å². The molecule has 1 aliphatic heterocycles. The van der Waals surface area contributed by atoms with Crippen molar-refractivity contribution in [2.75, 3.05) is 19.6 Å². The maximum absolute atomic E-state index is 4.11. The number of nitrogens with one attached hydrogen (secondary N) is 1. The van der Waals surface area contributed by atoms with E-state index in [1.807, 2.05) is 19.6 Å². The molecular weight excluding hydrogens is 200 g/mol. The van der Waals surface area contributed by atoms with Gasteiger partial charge in [0, 0.05) is 32.4 Å². The minimum atomic E-state index is 0.649. The largest absolute Gasteiger partial charge is 0.337 e. The van der Waals surface area contributed by atoms with Crippen molar-refractivity contribution in [3.8, 4) is 0 Å². The summed E-state index contributed by atoms with van der Waals surface area (Å²) < 4.78 is 2.06. The van der Waals surface area contributed by atoms with E-state index in [0.29, 0.717) is 6.04 Å². The first kappa shape index (κ1) is 11.6. The van der Waals surface area contributed by atoms with E-state index in [1.54, 1.807) is 0 Å². The number of likely N-dealkylation sites (tertiary alicyclic amines) is 1. The molecule has 0 radical (unpaired) electrons. The minimum absolute atomic E-state index is 0.649. The standard InChI is InChI=1S/C12H22N4/c1-11(16-5-3-4-6-16)7-13-8-12-9-14-10-15(12)2/h9-11,13H,3-8H2,1-2H3. The molecule has 1 atom stereocenters. The van der Waals surface area contributed by atoms with Crippen molar-refractivity contribution in [2.24, 2.45) is 7.05 Å². The lowest BCUT2D eigenvalue weighted by Crippen LogP contribution is -2.38. The van der Waals surface area contributed by atoms with Gasteiger partial charge < -0.3 is 9.88 Å². The molecule has 0 amide bonds. The topological polar surface area (TPSA) is 33.1 Å². The molecule has 0 aromatic carbocycles. The molecule has 0 aliphatic carbocycles. The number of imidazole rings is 1. The Bertz CT molecular complexity index is 315. The summed E-state index contributed by atoms with van der Waals surface area (Å²) in [6.07, 6.45) is 6.51. The van der Waals surface area contributed by atoms with Crippen LogP contribution in [0.2, 0.25) is 0 Å². The third kappa shape index (κ3) is 2.83. The molecule has 1 aromatic rings. The summed E-state index contributed by atoms with van der Waals surface area (Å²) in [6, 6.07) is 0.649. The fraction of sp³-hybridized carbons (Fsp3) is 0.750. The molecule has 1 unspecified atom stereocenters. The molecule has 1 fully saturated rings. The molecule has 90 valence electrons. The number of aryl methyl sites for hydroxylation is 1. The molecule has 2 heterocycles. The number of nitrogens with zero attached hydrogens (tertiary/aromatic N) is 3. The van der Waals surface area contributed by atoms with Gasteiger partial charge in [0.1, 0.15) is 0 Å². The van der Waals surface area contributed by atoms with Crippen LogP contribution in [0, 0.1) is 0 Å². The van der Waals surface area contributed by atoms with Crippen molar-refractivity contribution in [2.45, 2.75) is 32.4 Å². The van der Waals surface area contributed by atoms with Crippen LogP contribution in [0.25, 0.3) is 0 Å². The Labute approximate surface area is 97.7 Å². The summed E-state index contributed by atoms with van der Waals surface area (Å²) in [6.45, 7) is 6.82. The smallest absolute Gasteiger partial charge is 0.0945 e. The van der Waals surface area contributed by atoms with E-state index in [4.69, 9.17) is 0 Å². The maximum Gasteiger partial charge on any atom is 0.0945 e. The highest BCUT2D eigenvalue weighted by atomic mass is 15.2. The van der Waals surface area contributed by atoms with Gasteiger partial charge in [0.05, 0.1) is 12.0 Å². The summed E-state index contributed by atoms with van der Waals surface area (Å²) in [5.74, 6) is 0. The highest BCUT2D eigenvalue weighted by molar-refractivity contribution is 4.96. The molecule has 0 spiro atoms. The van der Waals surface area contributed by atoms with Gasteiger partial charge in [0.2, 0.25) is 0 Å². The van der Waals surface area contributed by atoms with Gasteiger partial charge in [-0.2, -0.15) is 0 Å². The molecule has 0 saturated carbocycles. The van der Waals surface area contributed by atoms with Crippen LogP contribution in [0.15, 0.2) is 12.5 Å². The van der Waals surface area contributed by atoms with Gasteiger partial charge in [-0.3, -0.25) is 4.90 Å². The quantitative estimate of drug-likeness (QED) is 0.806. The van der Waals surface area contributed by atoms with E-state index in [1.165, 1.54) is 31.6 Å². The van der Waals surface area contributed by atoms with Gasteiger partial charge in [-0.15, -0.1) is 0 Å². The van der Waals surface area contributed by atoms with Gasteiger partial charge in [-0.25, -0.2) is 4.98 Å². The van der Waals surface area contributed by atoms with E-state index in [0.717, 1.165) is 13.1 Å². The highest BCUT2D eigenvalue weighted by Crippen LogP contribution is 2.10. The second-order valence-corrected chi connectivity index (χ2v) is 4.72. The fourth-order valence-electron chi connectivity index (χ4n) is 2.28. The molecule has 4 heteroatoms. The molecule has 1 aliphatic rings. The molecule has 2 rings (SSSR count). The van der Waals surface area contributed by atoms with Crippen molar-refractivity contribution in [1.29, 1.82) is 0 Å². The fourth-order valence-corrected chi connectivity index (χ4v) is 2.28. The Morgan fingerprint density at radius 2 is 2.19 bits per heavy atom. The Kier molecular flexibility index (Phi) is 3.96. The Morgan fingerprint density at radius 1 is 1.44 bits per heavy atom. The van der Waals surface area contributed by atoms with Gasteiger partial charge >= 0.3 is 0 Å². The monoisotopic (exact) mass is 222 g/mol. The third-order valence-electron chi connectivity index (χ3n) is 3.43. The van der Waals surface area contributed by atoms with E-state index in [9.17, 15) is 0 Å². The second-order valence-electron chi connectivity index (χ2n) is 4.72. The van der Waals surface area contributed by atoms with Crippen LogP contribution in [0.3, 0.4) is 0 Å².